The molecule has 8 heteroatoms. The maximum atomic E-state index is 13.2. The molecule has 0 unspecified atom stereocenters. The molecule has 0 bridgehead atoms. The monoisotopic (exact) mass is 395 g/mol. The van der Waals surface area contributed by atoms with E-state index in [0.717, 1.165) is 19.3 Å². The van der Waals surface area contributed by atoms with Crippen LogP contribution in [-0.4, -0.2) is 16.6 Å². The Morgan fingerprint density at radius 1 is 1.22 bits per heavy atom. The normalized spacial score (nSPS) is 14.7. The van der Waals surface area contributed by atoms with Crippen molar-refractivity contribution < 1.29 is 13.2 Å². The van der Waals surface area contributed by atoms with Crippen molar-refractivity contribution in [2.45, 2.75) is 38.3 Å². The van der Waals surface area contributed by atoms with Gasteiger partial charge in [-0.15, -0.1) is 0 Å². The van der Waals surface area contributed by atoms with Gasteiger partial charge in [-0.3, -0.25) is 4.79 Å². The average Bonchev–Trinajstić information content (AvgIpc) is 2.61. The maximum absolute atomic E-state index is 13.2. The van der Waals surface area contributed by atoms with Gasteiger partial charge in [-0.2, -0.15) is 13.2 Å². The van der Waals surface area contributed by atoms with E-state index in [1.54, 1.807) is 6.07 Å². The third kappa shape index (κ3) is 5.09. The van der Waals surface area contributed by atoms with Crippen LogP contribution in [0.1, 0.15) is 37.7 Å². The van der Waals surface area contributed by atoms with Gasteiger partial charge >= 0.3 is 6.18 Å². The minimum atomic E-state index is -4.61. The van der Waals surface area contributed by atoms with E-state index in [-0.39, 0.29) is 10.9 Å². The van der Waals surface area contributed by atoms with Crippen LogP contribution in [0.3, 0.4) is 0 Å². The summed E-state index contributed by atoms with van der Waals surface area (Å²) in [7, 11) is 0. The fourth-order valence-electron chi connectivity index (χ4n) is 3.21. The zero-order valence-electron chi connectivity index (χ0n) is 14.6. The van der Waals surface area contributed by atoms with E-state index in [4.69, 9.17) is 12.2 Å². The van der Waals surface area contributed by atoms with Crippen LogP contribution in [0.25, 0.3) is 10.9 Å². The number of aromatic nitrogens is 1. The molecule has 144 valence electrons. The van der Waals surface area contributed by atoms with Gasteiger partial charge in [-0.25, -0.2) is 0 Å². The molecule has 0 radical (unpaired) electrons. The first-order chi connectivity index (χ1) is 12.8. The topological polar surface area (TPSA) is 56.9 Å². The van der Waals surface area contributed by atoms with Gasteiger partial charge in [0.25, 0.3) is 0 Å². The lowest BCUT2D eigenvalue weighted by Gasteiger charge is -2.15. The zero-order valence-corrected chi connectivity index (χ0v) is 15.4. The van der Waals surface area contributed by atoms with Crippen molar-refractivity contribution in [3.63, 3.8) is 0 Å². The second-order valence-electron chi connectivity index (χ2n) is 6.54. The second kappa shape index (κ2) is 8.12. The van der Waals surface area contributed by atoms with Crippen molar-refractivity contribution in [1.29, 1.82) is 0 Å². The highest BCUT2D eigenvalue weighted by Crippen LogP contribution is 2.34. The molecule has 0 aliphatic heterocycles. The number of pyridine rings is 1. The van der Waals surface area contributed by atoms with E-state index in [2.05, 4.69) is 21.7 Å². The number of alkyl halides is 3. The first-order valence-electron chi connectivity index (χ1n) is 8.80. The number of benzene rings is 1. The van der Waals surface area contributed by atoms with Crippen molar-refractivity contribution in [3.05, 3.63) is 51.8 Å². The smallest absolute Gasteiger partial charge is 0.362 e. The summed E-state index contributed by atoms with van der Waals surface area (Å²) < 4.78 is 39.7. The Morgan fingerprint density at radius 2 is 2.04 bits per heavy atom. The number of thiocarbonyl (C=S) groups is 1. The largest absolute Gasteiger partial charge is 0.417 e. The van der Waals surface area contributed by atoms with Crippen LogP contribution in [0.2, 0.25) is 0 Å². The molecule has 0 atom stereocenters. The fraction of sp³-hybridized carbons (Fsp3) is 0.368. The lowest BCUT2D eigenvalue weighted by atomic mass is 9.97. The molecule has 2 aromatic rings. The SMILES string of the molecule is O=c1cc(C(F)(F)F)c2cc(NC(=S)NCCC3=CCCCC3)ccc2[nH]1. The molecule has 0 saturated heterocycles. The Bertz CT molecular complexity index is 934. The minimum Gasteiger partial charge on any atom is -0.362 e. The van der Waals surface area contributed by atoms with Crippen molar-refractivity contribution in [1.82, 2.24) is 10.3 Å². The molecule has 0 spiro atoms. The molecule has 0 amide bonds. The number of hydrogen-bond donors (Lipinski definition) is 3. The number of H-pyrrole nitrogens is 1. The second-order valence-corrected chi connectivity index (χ2v) is 6.95. The standard InChI is InChI=1S/C19H20F3N3OS/c20-19(21,22)15-11-17(26)25-16-7-6-13(10-14(15)16)24-18(27)23-9-8-12-4-2-1-3-5-12/h4,6-7,10-11H,1-3,5,8-9H2,(H,25,26)(H2,23,24,27). The van der Waals surface area contributed by atoms with Gasteiger partial charge in [0.15, 0.2) is 5.11 Å². The molecule has 0 fully saturated rings. The third-order valence-electron chi connectivity index (χ3n) is 4.52. The molecule has 3 N–H and O–H groups in total. The molecule has 1 aromatic carbocycles. The lowest BCUT2D eigenvalue weighted by molar-refractivity contribution is -0.136. The van der Waals surface area contributed by atoms with Crippen LogP contribution in [0.4, 0.5) is 18.9 Å². The molecule has 27 heavy (non-hydrogen) atoms. The van der Waals surface area contributed by atoms with E-state index in [9.17, 15) is 18.0 Å². The van der Waals surface area contributed by atoms with Gasteiger partial charge in [0, 0.05) is 29.2 Å². The van der Waals surface area contributed by atoms with Crippen LogP contribution in [-0.2, 0) is 6.18 Å². The van der Waals surface area contributed by atoms with E-state index < -0.39 is 17.3 Å². The van der Waals surface area contributed by atoms with Gasteiger partial charge in [0.2, 0.25) is 5.56 Å². The van der Waals surface area contributed by atoms with Gasteiger partial charge in [0.1, 0.15) is 0 Å². The maximum Gasteiger partial charge on any atom is 0.417 e. The summed E-state index contributed by atoms with van der Waals surface area (Å²) in [5.41, 5.74) is 0.219. The van der Waals surface area contributed by atoms with Crippen LogP contribution < -0.4 is 16.2 Å². The van der Waals surface area contributed by atoms with Gasteiger partial charge < -0.3 is 15.6 Å². The van der Waals surface area contributed by atoms with E-state index >= 15 is 0 Å². The summed E-state index contributed by atoms with van der Waals surface area (Å²) in [6.45, 7) is 0.673. The number of rotatable bonds is 4. The van der Waals surface area contributed by atoms with Crippen LogP contribution in [0.5, 0.6) is 0 Å². The number of anilines is 1. The highest BCUT2D eigenvalue weighted by Gasteiger charge is 2.33. The fourth-order valence-corrected chi connectivity index (χ4v) is 3.43. The predicted molar refractivity (Wildman–Crippen MR) is 105 cm³/mol. The van der Waals surface area contributed by atoms with Crippen molar-refractivity contribution >= 4 is 33.9 Å². The molecule has 1 aromatic heterocycles. The minimum absolute atomic E-state index is 0.0812. The molecular formula is C19H20F3N3OS. The molecular weight excluding hydrogens is 375 g/mol. The van der Waals surface area contributed by atoms with Crippen LogP contribution >= 0.6 is 12.2 Å². The first kappa shape index (κ1) is 19.4. The van der Waals surface area contributed by atoms with E-state index in [0.29, 0.717) is 23.4 Å². The summed E-state index contributed by atoms with van der Waals surface area (Å²) >= 11 is 5.23. The summed E-state index contributed by atoms with van der Waals surface area (Å²) in [6, 6.07) is 4.92. The Labute approximate surface area is 159 Å². The summed E-state index contributed by atoms with van der Waals surface area (Å²) in [4.78, 5) is 13.9. The summed E-state index contributed by atoms with van der Waals surface area (Å²) in [5, 5.41) is 6.26. The average molecular weight is 395 g/mol. The first-order valence-corrected chi connectivity index (χ1v) is 9.21. The number of halogens is 3. The van der Waals surface area contributed by atoms with Crippen molar-refractivity contribution in [2.24, 2.45) is 0 Å². The van der Waals surface area contributed by atoms with Crippen molar-refractivity contribution in [3.8, 4) is 0 Å². The van der Waals surface area contributed by atoms with Gasteiger partial charge in [-0.05, 0) is 62.5 Å². The van der Waals surface area contributed by atoms with Crippen LogP contribution in [0.15, 0.2) is 40.7 Å². The molecule has 1 aliphatic rings. The number of hydrogen-bond acceptors (Lipinski definition) is 2. The summed E-state index contributed by atoms with van der Waals surface area (Å²) in [6.07, 6.45) is 3.25. The zero-order chi connectivity index (χ0) is 19.4. The molecule has 3 rings (SSSR count). The molecule has 4 nitrogen and oxygen atoms in total. The van der Waals surface area contributed by atoms with E-state index in [1.807, 2.05) is 0 Å². The number of aromatic amines is 1. The highest BCUT2D eigenvalue weighted by molar-refractivity contribution is 7.80. The van der Waals surface area contributed by atoms with Crippen molar-refractivity contribution in [2.75, 3.05) is 11.9 Å². The van der Waals surface area contributed by atoms with E-state index in [1.165, 1.54) is 30.5 Å². The Balaban J connectivity index is 1.69. The highest BCUT2D eigenvalue weighted by atomic mass is 32.1. The number of nitrogens with one attached hydrogen (secondary N) is 3. The Morgan fingerprint density at radius 3 is 2.74 bits per heavy atom. The predicted octanol–water partition coefficient (Wildman–Crippen LogP) is 4.72. The van der Waals surface area contributed by atoms with Crippen LogP contribution in [0, 0.1) is 0 Å². The third-order valence-corrected chi connectivity index (χ3v) is 4.77. The Kier molecular flexibility index (Phi) is 5.84. The summed E-state index contributed by atoms with van der Waals surface area (Å²) in [5.74, 6) is 0. The molecule has 1 aliphatic carbocycles. The molecule has 0 saturated carbocycles. The Hall–Kier alpha value is -2.35. The quantitative estimate of drug-likeness (QED) is 0.518. The number of allylic oxidation sites excluding steroid dienone is 1. The van der Waals surface area contributed by atoms with Gasteiger partial charge in [-0.1, -0.05) is 11.6 Å². The number of fused-ring (bicyclic) bond motifs is 1. The molecule has 1 heterocycles. The lowest BCUT2D eigenvalue weighted by Crippen LogP contribution is -2.29. The van der Waals surface area contributed by atoms with Gasteiger partial charge in [0.05, 0.1) is 5.56 Å².